The van der Waals surface area contributed by atoms with E-state index >= 15 is 0 Å². The van der Waals surface area contributed by atoms with Crippen molar-refractivity contribution in [2.24, 2.45) is 0 Å². The van der Waals surface area contributed by atoms with Crippen LogP contribution in [0.15, 0.2) is 6.20 Å². The van der Waals surface area contributed by atoms with E-state index in [0.29, 0.717) is 6.54 Å². The summed E-state index contributed by atoms with van der Waals surface area (Å²) in [5, 5.41) is 12.7. The van der Waals surface area contributed by atoms with E-state index in [0.717, 1.165) is 6.26 Å². The molecule has 6 nitrogen and oxygen atoms in total. The normalized spacial score (nSPS) is 11.6. The molecule has 1 N–H and O–H groups in total. The highest BCUT2D eigenvalue weighted by Gasteiger charge is 2.19. The summed E-state index contributed by atoms with van der Waals surface area (Å²) >= 11 is 0. The van der Waals surface area contributed by atoms with Gasteiger partial charge in [0.05, 0.1) is 11.9 Å². The van der Waals surface area contributed by atoms with Gasteiger partial charge in [0.25, 0.3) is 0 Å². The summed E-state index contributed by atoms with van der Waals surface area (Å²) in [7, 11) is -3.24. The van der Waals surface area contributed by atoms with Crippen LogP contribution in [0, 0.1) is 0 Å². The SMILES string of the molecule is CCn1ncc(CS(C)(=O)=O)c1C(=O)O. The molecular formula is C8H12N2O4S. The number of carboxylic acid groups (broad SMARTS) is 1. The number of aromatic nitrogens is 2. The predicted molar refractivity (Wildman–Crippen MR) is 53.4 cm³/mol. The Morgan fingerprint density at radius 3 is 2.60 bits per heavy atom. The molecule has 0 aliphatic carbocycles. The number of hydrogen-bond donors (Lipinski definition) is 1. The van der Waals surface area contributed by atoms with Gasteiger partial charge in [-0.05, 0) is 6.92 Å². The molecule has 1 rings (SSSR count). The topological polar surface area (TPSA) is 89.3 Å². The molecule has 0 saturated carbocycles. The molecule has 15 heavy (non-hydrogen) atoms. The van der Waals surface area contributed by atoms with Gasteiger partial charge in [0.1, 0.15) is 0 Å². The molecule has 0 fully saturated rings. The molecule has 1 heterocycles. The Morgan fingerprint density at radius 2 is 2.20 bits per heavy atom. The van der Waals surface area contributed by atoms with Crippen LogP contribution >= 0.6 is 0 Å². The molecule has 0 aromatic carbocycles. The average molecular weight is 232 g/mol. The van der Waals surface area contributed by atoms with Crippen molar-refractivity contribution in [2.75, 3.05) is 6.26 Å². The van der Waals surface area contributed by atoms with Crippen LogP contribution in [-0.4, -0.2) is 35.5 Å². The monoisotopic (exact) mass is 232 g/mol. The van der Waals surface area contributed by atoms with Gasteiger partial charge < -0.3 is 5.11 Å². The van der Waals surface area contributed by atoms with Crippen molar-refractivity contribution in [3.63, 3.8) is 0 Å². The lowest BCUT2D eigenvalue weighted by Crippen LogP contribution is -2.12. The smallest absolute Gasteiger partial charge is 0.354 e. The summed E-state index contributed by atoms with van der Waals surface area (Å²) in [4.78, 5) is 10.9. The maximum absolute atomic E-state index is 11.0. The Balaban J connectivity index is 3.19. The standard InChI is InChI=1S/C8H12N2O4S/c1-3-10-7(8(11)12)6(4-9-10)5-15(2,13)14/h4H,3,5H2,1-2H3,(H,11,12). The molecule has 7 heteroatoms. The van der Waals surface area contributed by atoms with Crippen LogP contribution in [0.5, 0.6) is 0 Å². The van der Waals surface area contributed by atoms with E-state index in [1.54, 1.807) is 6.92 Å². The van der Waals surface area contributed by atoms with Gasteiger partial charge in [-0.2, -0.15) is 5.10 Å². The first-order valence-electron chi connectivity index (χ1n) is 4.31. The van der Waals surface area contributed by atoms with Gasteiger partial charge in [0, 0.05) is 18.4 Å². The van der Waals surface area contributed by atoms with E-state index < -0.39 is 15.8 Å². The van der Waals surface area contributed by atoms with Crippen LogP contribution in [0.1, 0.15) is 23.0 Å². The Morgan fingerprint density at radius 1 is 1.60 bits per heavy atom. The van der Waals surface area contributed by atoms with Gasteiger partial charge >= 0.3 is 5.97 Å². The van der Waals surface area contributed by atoms with Crippen molar-refractivity contribution in [3.8, 4) is 0 Å². The summed E-state index contributed by atoms with van der Waals surface area (Å²) < 4.78 is 23.4. The van der Waals surface area contributed by atoms with Crippen molar-refractivity contribution < 1.29 is 18.3 Å². The molecule has 0 saturated heterocycles. The van der Waals surface area contributed by atoms with Crippen LogP contribution in [-0.2, 0) is 22.1 Å². The molecular weight excluding hydrogens is 220 g/mol. The molecule has 0 aliphatic rings. The molecule has 0 atom stereocenters. The van der Waals surface area contributed by atoms with E-state index in [9.17, 15) is 13.2 Å². The second kappa shape index (κ2) is 4.01. The lowest BCUT2D eigenvalue weighted by molar-refractivity contribution is 0.0682. The van der Waals surface area contributed by atoms with Crippen LogP contribution in [0.3, 0.4) is 0 Å². The van der Waals surface area contributed by atoms with Gasteiger partial charge in [-0.25, -0.2) is 13.2 Å². The minimum atomic E-state index is -3.24. The Hall–Kier alpha value is -1.37. The fourth-order valence-corrected chi connectivity index (χ4v) is 2.08. The quantitative estimate of drug-likeness (QED) is 0.797. The Bertz CT molecular complexity index is 475. The van der Waals surface area contributed by atoms with Crippen LogP contribution < -0.4 is 0 Å². The fourth-order valence-electron chi connectivity index (χ4n) is 1.30. The fraction of sp³-hybridized carbons (Fsp3) is 0.500. The number of aryl methyl sites for hydroxylation is 1. The van der Waals surface area contributed by atoms with E-state index in [4.69, 9.17) is 5.11 Å². The average Bonchev–Trinajstić information content (AvgIpc) is 2.44. The second-order valence-corrected chi connectivity index (χ2v) is 5.35. The zero-order chi connectivity index (χ0) is 11.6. The summed E-state index contributed by atoms with van der Waals surface area (Å²) in [5.41, 5.74) is 0.176. The van der Waals surface area contributed by atoms with Crippen LogP contribution in [0.25, 0.3) is 0 Å². The summed E-state index contributed by atoms with van der Waals surface area (Å²) in [6.45, 7) is 2.13. The number of hydrogen-bond acceptors (Lipinski definition) is 4. The number of carboxylic acids is 1. The lowest BCUT2D eigenvalue weighted by Gasteiger charge is -2.01. The number of sulfone groups is 1. The molecule has 1 aromatic rings. The zero-order valence-electron chi connectivity index (χ0n) is 8.47. The van der Waals surface area contributed by atoms with Crippen molar-refractivity contribution in [3.05, 3.63) is 17.5 Å². The Kier molecular flexibility index (Phi) is 3.13. The highest BCUT2D eigenvalue weighted by molar-refractivity contribution is 7.89. The minimum absolute atomic E-state index is 0.0528. The summed E-state index contributed by atoms with van der Waals surface area (Å²) in [6.07, 6.45) is 2.34. The third kappa shape index (κ3) is 2.79. The van der Waals surface area contributed by atoms with Crippen molar-refractivity contribution in [1.29, 1.82) is 0 Å². The first-order valence-corrected chi connectivity index (χ1v) is 6.37. The molecule has 0 bridgehead atoms. The van der Waals surface area contributed by atoms with Crippen molar-refractivity contribution >= 4 is 15.8 Å². The largest absolute Gasteiger partial charge is 0.477 e. The number of rotatable bonds is 4. The number of nitrogens with zero attached hydrogens (tertiary/aromatic N) is 2. The van der Waals surface area contributed by atoms with Gasteiger partial charge in [-0.3, -0.25) is 4.68 Å². The van der Waals surface area contributed by atoms with Crippen LogP contribution in [0.4, 0.5) is 0 Å². The predicted octanol–water partition coefficient (Wildman–Crippen LogP) is 0.146. The van der Waals surface area contributed by atoms with E-state index in [-0.39, 0.29) is 17.0 Å². The summed E-state index contributed by atoms with van der Waals surface area (Å²) in [5.74, 6) is -1.46. The van der Waals surface area contributed by atoms with E-state index in [1.807, 2.05) is 0 Å². The Labute approximate surface area is 87.4 Å². The van der Waals surface area contributed by atoms with Crippen molar-refractivity contribution in [2.45, 2.75) is 19.2 Å². The first-order chi connectivity index (χ1) is 6.85. The van der Waals surface area contributed by atoms with Gasteiger partial charge in [-0.15, -0.1) is 0 Å². The molecule has 84 valence electrons. The van der Waals surface area contributed by atoms with E-state index in [2.05, 4.69) is 5.10 Å². The minimum Gasteiger partial charge on any atom is -0.477 e. The maximum Gasteiger partial charge on any atom is 0.354 e. The molecule has 0 amide bonds. The van der Waals surface area contributed by atoms with E-state index in [1.165, 1.54) is 10.9 Å². The zero-order valence-corrected chi connectivity index (χ0v) is 9.28. The van der Waals surface area contributed by atoms with Gasteiger partial charge in [0.2, 0.25) is 0 Å². The second-order valence-electron chi connectivity index (χ2n) is 3.21. The van der Waals surface area contributed by atoms with Crippen LogP contribution in [0.2, 0.25) is 0 Å². The third-order valence-corrected chi connectivity index (χ3v) is 2.67. The lowest BCUT2D eigenvalue weighted by atomic mass is 10.3. The molecule has 0 spiro atoms. The molecule has 0 radical (unpaired) electrons. The number of carbonyl (C=O) groups is 1. The highest BCUT2D eigenvalue weighted by Crippen LogP contribution is 2.12. The first kappa shape index (κ1) is 11.7. The maximum atomic E-state index is 11.0. The highest BCUT2D eigenvalue weighted by atomic mass is 32.2. The van der Waals surface area contributed by atoms with Gasteiger partial charge in [0.15, 0.2) is 15.5 Å². The molecule has 1 aromatic heterocycles. The number of aromatic carboxylic acids is 1. The van der Waals surface area contributed by atoms with Crippen molar-refractivity contribution in [1.82, 2.24) is 9.78 Å². The van der Waals surface area contributed by atoms with Gasteiger partial charge in [-0.1, -0.05) is 0 Å². The molecule has 0 unspecified atom stereocenters. The third-order valence-electron chi connectivity index (χ3n) is 1.84. The summed E-state index contributed by atoms with van der Waals surface area (Å²) in [6, 6.07) is 0. The molecule has 0 aliphatic heterocycles.